The Morgan fingerprint density at radius 3 is 1.93 bits per heavy atom. The van der Waals surface area contributed by atoms with Crippen LogP contribution < -0.4 is 10.2 Å². The number of nitrogens with zero attached hydrogens (tertiary/aromatic N) is 1. The van der Waals surface area contributed by atoms with Crippen molar-refractivity contribution < 1.29 is 32.9 Å². The first kappa shape index (κ1) is 41.0. The molecule has 0 heterocycles. The average molecular weight is 617 g/mol. The zero-order valence-electron chi connectivity index (χ0n) is 27.7. The molecular formula is C33H65N2O6P. The number of phosphoric acid groups is 1. The van der Waals surface area contributed by atoms with Crippen LogP contribution in [0.4, 0.5) is 0 Å². The van der Waals surface area contributed by atoms with Crippen molar-refractivity contribution in [3.8, 4) is 0 Å². The topological polar surface area (TPSA) is 108 Å². The second kappa shape index (κ2) is 26.4. The summed E-state index contributed by atoms with van der Waals surface area (Å²) < 4.78 is 22.9. The number of hydrogen-bond donors (Lipinski definition) is 2. The monoisotopic (exact) mass is 616 g/mol. The smallest absolute Gasteiger partial charge is 0.268 e. The summed E-state index contributed by atoms with van der Waals surface area (Å²) in [5.41, 5.74) is 0. The zero-order valence-corrected chi connectivity index (χ0v) is 28.6. The van der Waals surface area contributed by atoms with Crippen molar-refractivity contribution in [2.45, 2.75) is 142 Å². The van der Waals surface area contributed by atoms with Gasteiger partial charge in [0.25, 0.3) is 7.82 Å². The van der Waals surface area contributed by atoms with Gasteiger partial charge in [0.1, 0.15) is 13.2 Å². The van der Waals surface area contributed by atoms with Crippen LogP contribution in [-0.4, -0.2) is 68.5 Å². The maximum atomic E-state index is 12.5. The highest BCUT2D eigenvalue weighted by atomic mass is 31.2. The van der Waals surface area contributed by atoms with E-state index in [2.05, 4.69) is 31.3 Å². The quantitative estimate of drug-likeness (QED) is 0.0398. The number of carbonyl (C=O) groups is 1. The van der Waals surface area contributed by atoms with E-state index in [9.17, 15) is 19.4 Å². The van der Waals surface area contributed by atoms with Gasteiger partial charge in [-0.05, 0) is 32.1 Å². The van der Waals surface area contributed by atoms with E-state index >= 15 is 0 Å². The fourth-order valence-electron chi connectivity index (χ4n) is 4.40. The normalized spacial score (nSPS) is 15.3. The molecule has 2 N–H and O–H groups in total. The Morgan fingerprint density at radius 1 is 0.810 bits per heavy atom. The predicted molar refractivity (Wildman–Crippen MR) is 173 cm³/mol. The van der Waals surface area contributed by atoms with Gasteiger partial charge in [-0.3, -0.25) is 9.36 Å². The molecule has 0 aliphatic carbocycles. The lowest BCUT2D eigenvalue weighted by atomic mass is 10.1. The van der Waals surface area contributed by atoms with Crippen molar-refractivity contribution in [3.05, 3.63) is 24.3 Å². The Labute approximate surface area is 258 Å². The molecule has 0 aromatic carbocycles. The highest BCUT2D eigenvalue weighted by Crippen LogP contribution is 2.38. The molecule has 8 nitrogen and oxygen atoms in total. The zero-order chi connectivity index (χ0) is 31.5. The first-order chi connectivity index (χ1) is 20.0. The Bertz CT molecular complexity index is 753. The van der Waals surface area contributed by atoms with Crippen molar-refractivity contribution >= 4 is 13.7 Å². The number of unbranched alkanes of at least 4 members (excludes halogenated alkanes) is 14. The molecule has 248 valence electrons. The molecule has 0 saturated heterocycles. The Morgan fingerprint density at radius 2 is 1.33 bits per heavy atom. The molecule has 0 saturated carbocycles. The summed E-state index contributed by atoms with van der Waals surface area (Å²) in [6.45, 7) is 4.49. The molecule has 3 unspecified atom stereocenters. The number of nitrogens with one attached hydrogen (secondary N) is 1. The van der Waals surface area contributed by atoms with Gasteiger partial charge in [-0.2, -0.15) is 0 Å². The van der Waals surface area contributed by atoms with Gasteiger partial charge in [0.05, 0.1) is 39.9 Å². The van der Waals surface area contributed by atoms with Crippen molar-refractivity contribution in [2.24, 2.45) is 0 Å². The van der Waals surface area contributed by atoms with E-state index in [0.717, 1.165) is 51.4 Å². The van der Waals surface area contributed by atoms with Gasteiger partial charge in [0.15, 0.2) is 0 Å². The predicted octanol–water partition coefficient (Wildman–Crippen LogP) is 7.21. The summed E-state index contributed by atoms with van der Waals surface area (Å²) in [6.07, 6.45) is 26.9. The molecule has 0 fully saturated rings. The van der Waals surface area contributed by atoms with Crippen molar-refractivity contribution in [1.29, 1.82) is 0 Å². The Balaban J connectivity index is 4.56. The largest absolute Gasteiger partial charge is 0.756 e. The third-order valence-electron chi connectivity index (χ3n) is 7.16. The fraction of sp³-hybridized carbons (Fsp3) is 0.848. The third kappa shape index (κ3) is 27.8. The first-order valence-corrected chi connectivity index (χ1v) is 18.2. The van der Waals surface area contributed by atoms with Crippen LogP contribution in [0.3, 0.4) is 0 Å². The van der Waals surface area contributed by atoms with Gasteiger partial charge in [0, 0.05) is 6.42 Å². The number of aliphatic hydroxyl groups excluding tert-OH is 1. The van der Waals surface area contributed by atoms with Crippen molar-refractivity contribution in [2.75, 3.05) is 40.9 Å². The van der Waals surface area contributed by atoms with E-state index in [1.54, 1.807) is 6.08 Å². The Kier molecular flexibility index (Phi) is 25.7. The molecule has 9 heteroatoms. The molecular weight excluding hydrogens is 551 g/mol. The van der Waals surface area contributed by atoms with Crippen LogP contribution in [-0.2, 0) is 18.4 Å². The summed E-state index contributed by atoms with van der Waals surface area (Å²) in [4.78, 5) is 24.8. The number of quaternary nitrogens is 1. The number of phosphoric ester groups is 1. The highest BCUT2D eigenvalue weighted by molar-refractivity contribution is 7.45. The van der Waals surface area contributed by atoms with Crippen molar-refractivity contribution in [3.63, 3.8) is 0 Å². The lowest BCUT2D eigenvalue weighted by Gasteiger charge is -2.29. The molecule has 0 radical (unpaired) electrons. The van der Waals surface area contributed by atoms with E-state index in [1.807, 2.05) is 27.2 Å². The van der Waals surface area contributed by atoms with Crippen LogP contribution in [0.1, 0.15) is 129 Å². The first-order valence-electron chi connectivity index (χ1n) is 16.7. The molecule has 0 aliphatic rings. The summed E-state index contributed by atoms with van der Waals surface area (Å²) in [7, 11) is 1.24. The summed E-state index contributed by atoms with van der Waals surface area (Å²) in [6, 6.07) is -0.893. The van der Waals surface area contributed by atoms with Crippen LogP contribution in [0.2, 0.25) is 0 Å². The minimum Gasteiger partial charge on any atom is -0.756 e. The Hall–Kier alpha value is -1.02. The number of aliphatic hydroxyl groups is 1. The fourth-order valence-corrected chi connectivity index (χ4v) is 5.12. The number of amides is 1. The molecule has 0 rings (SSSR count). The maximum absolute atomic E-state index is 12.5. The van der Waals surface area contributed by atoms with Gasteiger partial charge in [-0.25, -0.2) is 0 Å². The van der Waals surface area contributed by atoms with Gasteiger partial charge in [0.2, 0.25) is 5.91 Å². The molecule has 0 aromatic heterocycles. The minimum absolute atomic E-state index is 0.00579. The highest BCUT2D eigenvalue weighted by Gasteiger charge is 2.23. The molecule has 1 amide bonds. The van der Waals surface area contributed by atoms with E-state index in [1.165, 1.54) is 57.8 Å². The average Bonchev–Trinajstić information content (AvgIpc) is 2.92. The second-order valence-corrected chi connectivity index (χ2v) is 13.9. The molecule has 0 aliphatic heterocycles. The van der Waals surface area contributed by atoms with E-state index in [-0.39, 0.29) is 12.5 Å². The lowest BCUT2D eigenvalue weighted by molar-refractivity contribution is -0.870. The van der Waals surface area contributed by atoms with Crippen molar-refractivity contribution in [1.82, 2.24) is 5.32 Å². The van der Waals surface area contributed by atoms with Gasteiger partial charge in [-0.1, -0.05) is 115 Å². The lowest BCUT2D eigenvalue weighted by Crippen LogP contribution is -2.45. The number of allylic oxidation sites excluding steroid dienone is 3. The van der Waals surface area contributed by atoms with Gasteiger partial charge in [-0.15, -0.1) is 0 Å². The summed E-state index contributed by atoms with van der Waals surface area (Å²) in [5, 5.41) is 13.5. The van der Waals surface area contributed by atoms with E-state index < -0.39 is 26.6 Å². The number of likely N-dealkylation sites (N-methyl/N-ethyl adjacent to an activating group) is 1. The molecule has 0 bridgehead atoms. The third-order valence-corrected chi connectivity index (χ3v) is 8.13. The van der Waals surface area contributed by atoms with Crippen LogP contribution in [0.25, 0.3) is 0 Å². The van der Waals surface area contributed by atoms with E-state index in [0.29, 0.717) is 17.4 Å². The maximum Gasteiger partial charge on any atom is 0.268 e. The van der Waals surface area contributed by atoms with Gasteiger partial charge >= 0.3 is 0 Å². The molecule has 0 spiro atoms. The summed E-state index contributed by atoms with van der Waals surface area (Å²) >= 11 is 0. The molecule has 0 aromatic rings. The number of rotatable bonds is 29. The number of carbonyl (C=O) groups excluding carboxylic acids is 1. The second-order valence-electron chi connectivity index (χ2n) is 12.5. The molecule has 42 heavy (non-hydrogen) atoms. The minimum atomic E-state index is -4.57. The standard InChI is InChI=1S/C33H65N2O6P/c1-6-8-10-12-13-14-15-16-17-18-19-20-21-23-24-26-32(36)31(34-33(37)27-25-22-11-9-7-2)30-41-42(38,39)40-29-28-35(3,4)5/h19-20,24,26,31-32,36H,6-18,21-23,25,27-30H2,1-5H3,(H-,34,37,38,39)/b20-19+,26-24+. The SMILES string of the molecule is CCCCCCCCCCC/C=C/CC/C=C/C(O)C(COP(=O)([O-])OCC[N+](C)(C)C)NC(=O)CCCCCCC. The number of hydrogen-bond acceptors (Lipinski definition) is 6. The van der Waals surface area contributed by atoms with Gasteiger partial charge < -0.3 is 28.8 Å². The van der Waals surface area contributed by atoms with Crippen LogP contribution in [0.15, 0.2) is 24.3 Å². The van der Waals surface area contributed by atoms with Crippen LogP contribution in [0, 0.1) is 0 Å². The van der Waals surface area contributed by atoms with Crippen LogP contribution in [0.5, 0.6) is 0 Å². The van der Waals surface area contributed by atoms with Crippen LogP contribution >= 0.6 is 7.82 Å². The summed E-state index contributed by atoms with van der Waals surface area (Å²) in [5.74, 6) is -0.223. The molecule has 3 atom stereocenters. The van der Waals surface area contributed by atoms with E-state index in [4.69, 9.17) is 9.05 Å².